The predicted molar refractivity (Wildman–Crippen MR) is 110 cm³/mol. The highest BCUT2D eigenvalue weighted by Gasteiger charge is 2.26. The van der Waals surface area contributed by atoms with Crippen LogP contribution >= 0.6 is 0 Å². The molecule has 1 aliphatic heterocycles. The van der Waals surface area contributed by atoms with E-state index in [1.165, 1.54) is 0 Å². The minimum atomic E-state index is -0.176. The van der Waals surface area contributed by atoms with Crippen molar-refractivity contribution < 1.29 is 14.1 Å². The Morgan fingerprint density at radius 1 is 1.24 bits per heavy atom. The molecule has 0 bridgehead atoms. The summed E-state index contributed by atoms with van der Waals surface area (Å²) in [5, 5.41) is 9.64. The predicted octanol–water partition coefficient (Wildman–Crippen LogP) is 2.58. The van der Waals surface area contributed by atoms with Crippen molar-refractivity contribution in [2.24, 2.45) is 5.92 Å². The zero-order valence-corrected chi connectivity index (χ0v) is 17.3. The summed E-state index contributed by atoms with van der Waals surface area (Å²) in [6.45, 7) is 8.35. The molecule has 1 aromatic carbocycles. The number of nitrogens with one attached hydrogen (secondary N) is 2. The fourth-order valence-corrected chi connectivity index (χ4v) is 3.39. The standard InChI is InChI=1S/C21H29N5O3/c1-14(2)12-22-20(28)17-6-4-5-7-18(17)24-19(27)13-26-10-8-16(9-11-26)21-23-15(3)25-29-21/h4-7,14,16H,8-13H2,1-3H3,(H,22,28)(H,24,27). The number of hydrogen-bond acceptors (Lipinski definition) is 6. The van der Waals surface area contributed by atoms with Gasteiger partial charge in [-0.05, 0) is 50.9 Å². The molecule has 1 aliphatic rings. The van der Waals surface area contributed by atoms with Gasteiger partial charge in [0.1, 0.15) is 0 Å². The molecule has 2 amide bonds. The molecule has 2 N–H and O–H groups in total. The van der Waals surface area contributed by atoms with Gasteiger partial charge in [-0.1, -0.05) is 31.1 Å². The van der Waals surface area contributed by atoms with E-state index in [4.69, 9.17) is 4.52 Å². The maximum absolute atomic E-state index is 12.6. The summed E-state index contributed by atoms with van der Waals surface area (Å²) in [5.41, 5.74) is 1.02. The van der Waals surface area contributed by atoms with Crippen LogP contribution in [0.25, 0.3) is 0 Å². The highest BCUT2D eigenvalue weighted by Crippen LogP contribution is 2.26. The first-order valence-electron chi connectivity index (χ1n) is 10.1. The van der Waals surface area contributed by atoms with Crippen LogP contribution in [-0.2, 0) is 4.79 Å². The number of para-hydroxylation sites is 1. The average Bonchev–Trinajstić information content (AvgIpc) is 3.13. The van der Waals surface area contributed by atoms with Crippen LogP contribution in [0, 0.1) is 12.8 Å². The van der Waals surface area contributed by atoms with Crippen LogP contribution in [0.3, 0.4) is 0 Å². The topological polar surface area (TPSA) is 100 Å². The highest BCUT2D eigenvalue weighted by molar-refractivity contribution is 6.04. The van der Waals surface area contributed by atoms with E-state index in [9.17, 15) is 9.59 Å². The monoisotopic (exact) mass is 399 g/mol. The number of rotatable bonds is 7. The van der Waals surface area contributed by atoms with E-state index in [2.05, 4.69) is 25.7 Å². The Hall–Kier alpha value is -2.74. The molecule has 0 spiro atoms. The van der Waals surface area contributed by atoms with Crippen molar-refractivity contribution in [2.75, 3.05) is 31.5 Å². The molecule has 156 valence electrons. The number of carbonyl (C=O) groups excluding carboxylic acids is 2. The summed E-state index contributed by atoms with van der Waals surface area (Å²) < 4.78 is 5.27. The Morgan fingerprint density at radius 2 is 1.97 bits per heavy atom. The molecule has 2 heterocycles. The third-order valence-electron chi connectivity index (χ3n) is 4.96. The van der Waals surface area contributed by atoms with E-state index < -0.39 is 0 Å². The van der Waals surface area contributed by atoms with Crippen LogP contribution < -0.4 is 10.6 Å². The first-order chi connectivity index (χ1) is 13.9. The molecule has 1 saturated heterocycles. The van der Waals surface area contributed by atoms with Crippen LogP contribution in [0.1, 0.15) is 54.7 Å². The second-order valence-corrected chi connectivity index (χ2v) is 7.93. The van der Waals surface area contributed by atoms with Crippen molar-refractivity contribution in [3.05, 3.63) is 41.5 Å². The zero-order chi connectivity index (χ0) is 20.8. The summed E-state index contributed by atoms with van der Waals surface area (Å²) >= 11 is 0. The van der Waals surface area contributed by atoms with E-state index in [0.29, 0.717) is 35.4 Å². The molecule has 8 nitrogen and oxygen atoms in total. The van der Waals surface area contributed by atoms with Gasteiger partial charge in [0.05, 0.1) is 17.8 Å². The number of nitrogens with zero attached hydrogens (tertiary/aromatic N) is 3. The fourth-order valence-electron chi connectivity index (χ4n) is 3.39. The Kier molecular flexibility index (Phi) is 6.98. The van der Waals surface area contributed by atoms with E-state index >= 15 is 0 Å². The number of piperidine rings is 1. The van der Waals surface area contributed by atoms with Crippen LogP contribution in [0.15, 0.2) is 28.8 Å². The lowest BCUT2D eigenvalue weighted by Gasteiger charge is -2.29. The molecular formula is C21H29N5O3. The quantitative estimate of drug-likeness (QED) is 0.742. The molecule has 0 radical (unpaired) electrons. The molecule has 2 aromatic rings. The van der Waals surface area contributed by atoms with Crippen molar-refractivity contribution in [3.63, 3.8) is 0 Å². The first-order valence-corrected chi connectivity index (χ1v) is 10.1. The van der Waals surface area contributed by atoms with Crippen LogP contribution in [0.2, 0.25) is 0 Å². The van der Waals surface area contributed by atoms with Gasteiger partial charge in [-0.2, -0.15) is 4.98 Å². The van der Waals surface area contributed by atoms with Crippen LogP contribution in [0.4, 0.5) is 5.69 Å². The first kappa shape index (κ1) is 21.0. The van der Waals surface area contributed by atoms with Gasteiger partial charge in [0.25, 0.3) is 5.91 Å². The molecular weight excluding hydrogens is 370 g/mol. The third kappa shape index (κ3) is 5.87. The molecule has 1 fully saturated rings. The fraction of sp³-hybridized carbons (Fsp3) is 0.524. The van der Waals surface area contributed by atoms with E-state index in [0.717, 1.165) is 25.9 Å². The Morgan fingerprint density at radius 3 is 2.62 bits per heavy atom. The van der Waals surface area contributed by atoms with Crippen molar-refractivity contribution >= 4 is 17.5 Å². The van der Waals surface area contributed by atoms with Gasteiger partial charge < -0.3 is 15.2 Å². The van der Waals surface area contributed by atoms with E-state index in [1.807, 2.05) is 26.8 Å². The number of amides is 2. The molecule has 0 aliphatic carbocycles. The van der Waals surface area contributed by atoms with Gasteiger partial charge in [-0.15, -0.1) is 0 Å². The molecule has 0 unspecified atom stereocenters. The minimum absolute atomic E-state index is 0.124. The smallest absolute Gasteiger partial charge is 0.253 e. The van der Waals surface area contributed by atoms with Gasteiger partial charge >= 0.3 is 0 Å². The normalized spacial score (nSPS) is 15.4. The zero-order valence-electron chi connectivity index (χ0n) is 17.3. The number of anilines is 1. The second kappa shape index (κ2) is 9.65. The summed E-state index contributed by atoms with van der Waals surface area (Å²) in [6, 6.07) is 7.09. The lowest BCUT2D eigenvalue weighted by atomic mass is 9.97. The number of carbonyl (C=O) groups is 2. The lowest BCUT2D eigenvalue weighted by Crippen LogP contribution is -2.39. The number of benzene rings is 1. The summed E-state index contributed by atoms with van der Waals surface area (Å²) in [4.78, 5) is 31.4. The molecule has 0 atom stereocenters. The minimum Gasteiger partial charge on any atom is -0.352 e. The Balaban J connectivity index is 1.52. The molecule has 8 heteroatoms. The average molecular weight is 399 g/mol. The molecule has 3 rings (SSSR count). The Bertz CT molecular complexity index is 840. The van der Waals surface area contributed by atoms with Gasteiger partial charge in [-0.3, -0.25) is 14.5 Å². The molecule has 1 aromatic heterocycles. The Labute approximate surface area is 171 Å². The molecule has 29 heavy (non-hydrogen) atoms. The van der Waals surface area contributed by atoms with Crippen LogP contribution in [0.5, 0.6) is 0 Å². The molecule has 0 saturated carbocycles. The van der Waals surface area contributed by atoms with Crippen molar-refractivity contribution in [2.45, 2.75) is 39.5 Å². The van der Waals surface area contributed by atoms with Crippen molar-refractivity contribution in [1.29, 1.82) is 0 Å². The van der Waals surface area contributed by atoms with Gasteiger partial charge in [0, 0.05) is 12.5 Å². The number of aromatic nitrogens is 2. The number of likely N-dealkylation sites (tertiary alicyclic amines) is 1. The SMILES string of the molecule is Cc1noc(C2CCN(CC(=O)Nc3ccccc3C(=O)NCC(C)C)CC2)n1. The number of hydrogen-bond donors (Lipinski definition) is 2. The van der Waals surface area contributed by atoms with Crippen LogP contribution in [-0.4, -0.2) is 53.0 Å². The maximum atomic E-state index is 12.6. The number of aryl methyl sites for hydroxylation is 1. The van der Waals surface area contributed by atoms with Crippen molar-refractivity contribution in [3.8, 4) is 0 Å². The van der Waals surface area contributed by atoms with E-state index in [-0.39, 0.29) is 24.3 Å². The van der Waals surface area contributed by atoms with E-state index in [1.54, 1.807) is 18.2 Å². The summed E-state index contributed by atoms with van der Waals surface area (Å²) in [7, 11) is 0. The highest BCUT2D eigenvalue weighted by atomic mass is 16.5. The maximum Gasteiger partial charge on any atom is 0.253 e. The second-order valence-electron chi connectivity index (χ2n) is 7.93. The van der Waals surface area contributed by atoms with Gasteiger partial charge in [0.2, 0.25) is 11.8 Å². The van der Waals surface area contributed by atoms with Gasteiger partial charge in [0.15, 0.2) is 5.82 Å². The van der Waals surface area contributed by atoms with Gasteiger partial charge in [-0.25, -0.2) is 0 Å². The van der Waals surface area contributed by atoms with Crippen molar-refractivity contribution in [1.82, 2.24) is 20.4 Å². The lowest BCUT2D eigenvalue weighted by molar-refractivity contribution is -0.117. The summed E-state index contributed by atoms with van der Waals surface area (Å²) in [6.07, 6.45) is 1.76. The summed E-state index contributed by atoms with van der Waals surface area (Å²) in [5.74, 6) is 1.65. The third-order valence-corrected chi connectivity index (χ3v) is 4.96. The largest absolute Gasteiger partial charge is 0.352 e.